The second-order valence-electron chi connectivity index (χ2n) is 10.0. The van der Waals surface area contributed by atoms with Gasteiger partial charge in [-0.15, -0.1) is 10.2 Å². The van der Waals surface area contributed by atoms with Gasteiger partial charge in [0.1, 0.15) is 11.6 Å². The van der Waals surface area contributed by atoms with Crippen molar-refractivity contribution >= 4 is 11.6 Å². The molecule has 1 amide bonds. The quantitative estimate of drug-likeness (QED) is 0.580. The summed E-state index contributed by atoms with van der Waals surface area (Å²) in [4.78, 5) is 17.8. The summed E-state index contributed by atoms with van der Waals surface area (Å²) >= 11 is 0. The monoisotopic (exact) mass is 455 g/mol. The van der Waals surface area contributed by atoms with Crippen LogP contribution in [0.4, 0.5) is 5.69 Å². The first-order valence-electron chi connectivity index (χ1n) is 12.9. The molecule has 6 heteroatoms. The highest BCUT2D eigenvalue weighted by Gasteiger charge is 2.30. The van der Waals surface area contributed by atoms with Crippen LogP contribution in [-0.4, -0.2) is 45.2 Å². The van der Waals surface area contributed by atoms with E-state index in [4.69, 9.17) is 0 Å². The lowest BCUT2D eigenvalue weighted by Crippen LogP contribution is -2.39. The van der Waals surface area contributed by atoms with E-state index < -0.39 is 0 Å². The van der Waals surface area contributed by atoms with Gasteiger partial charge in [-0.2, -0.15) is 0 Å². The summed E-state index contributed by atoms with van der Waals surface area (Å²) in [5, 5.41) is 9.07. The van der Waals surface area contributed by atoms with E-state index in [9.17, 15) is 4.79 Å². The molecule has 1 fully saturated rings. The first-order valence-corrected chi connectivity index (χ1v) is 12.9. The molecule has 6 rings (SSSR count). The Hall–Kier alpha value is -3.15. The van der Waals surface area contributed by atoms with Crippen LogP contribution in [0.25, 0.3) is 0 Å². The molecule has 176 valence electrons. The van der Waals surface area contributed by atoms with Crippen molar-refractivity contribution < 1.29 is 4.79 Å². The van der Waals surface area contributed by atoms with E-state index in [1.807, 2.05) is 17.0 Å². The van der Waals surface area contributed by atoms with E-state index in [0.29, 0.717) is 0 Å². The Labute approximate surface area is 201 Å². The maximum Gasteiger partial charge on any atom is 0.253 e. The minimum Gasteiger partial charge on any atom is -0.367 e. The zero-order valence-electron chi connectivity index (χ0n) is 19.8. The minimum absolute atomic E-state index is 0.135. The number of carbonyl (C=O) groups excluding carboxylic acids is 1. The van der Waals surface area contributed by atoms with Gasteiger partial charge in [-0.25, -0.2) is 0 Å². The van der Waals surface area contributed by atoms with Crippen molar-refractivity contribution in [2.24, 2.45) is 0 Å². The first-order chi connectivity index (χ1) is 16.8. The third-order valence-corrected chi connectivity index (χ3v) is 7.82. The zero-order chi connectivity index (χ0) is 22.9. The summed E-state index contributed by atoms with van der Waals surface area (Å²) in [7, 11) is 0. The van der Waals surface area contributed by atoms with Crippen LogP contribution in [0.15, 0.2) is 48.5 Å². The number of hydrogen-bond donors (Lipinski definition) is 0. The van der Waals surface area contributed by atoms with Gasteiger partial charge < -0.3 is 14.4 Å². The molecule has 2 aromatic carbocycles. The van der Waals surface area contributed by atoms with Crippen LogP contribution in [0.5, 0.6) is 0 Å². The Bertz CT molecular complexity index is 1170. The van der Waals surface area contributed by atoms with Gasteiger partial charge in [0.2, 0.25) is 0 Å². The van der Waals surface area contributed by atoms with Crippen molar-refractivity contribution in [3.8, 4) is 0 Å². The van der Waals surface area contributed by atoms with E-state index in [-0.39, 0.29) is 11.8 Å². The highest BCUT2D eigenvalue weighted by molar-refractivity contribution is 5.94. The third-order valence-electron chi connectivity index (χ3n) is 7.82. The largest absolute Gasteiger partial charge is 0.367 e. The standard InChI is InChI=1S/C28H33N5O/c34-28(22-11-13-25(14-12-22)31-18-15-21-7-3-4-8-23(21)19-31)32-16-6-9-24(20-32)27-30-29-26-10-2-1-5-17-33(26)27/h3-4,7-8,11-14,24H,1-2,5-6,9-10,15-20H2. The highest BCUT2D eigenvalue weighted by Crippen LogP contribution is 2.30. The van der Waals surface area contributed by atoms with E-state index >= 15 is 0 Å². The van der Waals surface area contributed by atoms with Crippen molar-refractivity contribution in [1.29, 1.82) is 0 Å². The molecule has 0 saturated carbocycles. The molecule has 0 N–H and O–H groups in total. The molecule has 4 heterocycles. The second kappa shape index (κ2) is 9.24. The van der Waals surface area contributed by atoms with Gasteiger partial charge in [0.15, 0.2) is 0 Å². The van der Waals surface area contributed by atoms with Crippen LogP contribution < -0.4 is 4.90 Å². The first kappa shape index (κ1) is 21.4. The van der Waals surface area contributed by atoms with Crippen molar-refractivity contribution in [1.82, 2.24) is 19.7 Å². The summed E-state index contributed by atoms with van der Waals surface area (Å²) in [6, 6.07) is 16.9. The number of piperidine rings is 1. The molecule has 6 nitrogen and oxygen atoms in total. The number of hydrogen-bond acceptors (Lipinski definition) is 4. The molecule has 0 bridgehead atoms. The van der Waals surface area contributed by atoms with Gasteiger partial charge in [0.05, 0.1) is 0 Å². The lowest BCUT2D eigenvalue weighted by molar-refractivity contribution is 0.0703. The number of aromatic nitrogens is 3. The fraction of sp³-hybridized carbons (Fsp3) is 0.464. The number of benzene rings is 2. The Morgan fingerprint density at radius 1 is 0.824 bits per heavy atom. The number of aryl methyl sites for hydroxylation is 1. The fourth-order valence-electron chi connectivity index (χ4n) is 5.90. The predicted molar refractivity (Wildman–Crippen MR) is 133 cm³/mol. The summed E-state index contributed by atoms with van der Waals surface area (Å²) in [5.74, 6) is 2.64. The van der Waals surface area contributed by atoms with E-state index in [1.54, 1.807) is 0 Å². The van der Waals surface area contributed by atoms with Gasteiger partial charge in [-0.3, -0.25) is 4.79 Å². The molecular weight excluding hydrogens is 422 g/mol. The summed E-state index contributed by atoms with van der Waals surface area (Å²) in [5.41, 5.74) is 4.82. The lowest BCUT2D eigenvalue weighted by Gasteiger charge is -2.33. The molecule has 3 aliphatic heterocycles. The van der Waals surface area contributed by atoms with E-state index in [0.717, 1.165) is 75.6 Å². The number of amides is 1. The number of fused-ring (bicyclic) bond motifs is 2. The number of likely N-dealkylation sites (tertiary alicyclic amines) is 1. The Morgan fingerprint density at radius 2 is 1.68 bits per heavy atom. The van der Waals surface area contributed by atoms with Gasteiger partial charge >= 0.3 is 0 Å². The molecule has 0 spiro atoms. The van der Waals surface area contributed by atoms with Crippen LogP contribution >= 0.6 is 0 Å². The Kier molecular flexibility index (Phi) is 5.81. The molecule has 1 saturated heterocycles. The molecule has 1 aromatic heterocycles. The number of rotatable bonds is 3. The normalized spacial score (nSPS) is 20.4. The van der Waals surface area contributed by atoms with Crippen LogP contribution in [0.3, 0.4) is 0 Å². The summed E-state index contributed by atoms with van der Waals surface area (Å²) < 4.78 is 2.34. The van der Waals surface area contributed by atoms with Crippen molar-refractivity contribution in [2.75, 3.05) is 24.5 Å². The van der Waals surface area contributed by atoms with Crippen molar-refractivity contribution in [3.05, 3.63) is 76.9 Å². The molecule has 1 unspecified atom stereocenters. The fourth-order valence-corrected chi connectivity index (χ4v) is 5.90. The molecule has 3 aliphatic rings. The average molecular weight is 456 g/mol. The van der Waals surface area contributed by atoms with Gasteiger partial charge in [-0.1, -0.05) is 30.7 Å². The van der Waals surface area contributed by atoms with Crippen LogP contribution in [-0.2, 0) is 25.9 Å². The number of anilines is 1. The van der Waals surface area contributed by atoms with Crippen molar-refractivity contribution in [3.63, 3.8) is 0 Å². The summed E-state index contributed by atoms with van der Waals surface area (Å²) in [6.45, 7) is 4.52. The molecule has 0 aliphatic carbocycles. The van der Waals surface area contributed by atoms with E-state index in [1.165, 1.54) is 36.1 Å². The Balaban J connectivity index is 1.14. The minimum atomic E-state index is 0.135. The molecule has 3 aromatic rings. The summed E-state index contributed by atoms with van der Waals surface area (Å²) in [6.07, 6.45) is 7.85. The molecular formula is C28H33N5O. The smallest absolute Gasteiger partial charge is 0.253 e. The van der Waals surface area contributed by atoms with Crippen LogP contribution in [0, 0.1) is 0 Å². The predicted octanol–water partition coefficient (Wildman–Crippen LogP) is 4.59. The van der Waals surface area contributed by atoms with Crippen LogP contribution in [0.1, 0.15) is 71.2 Å². The number of carbonyl (C=O) groups is 1. The topological polar surface area (TPSA) is 54.3 Å². The van der Waals surface area contributed by atoms with Gasteiger partial charge in [0, 0.05) is 56.3 Å². The zero-order valence-corrected chi connectivity index (χ0v) is 19.8. The third kappa shape index (κ3) is 4.10. The maximum atomic E-state index is 13.4. The average Bonchev–Trinajstić information content (AvgIpc) is 3.16. The van der Waals surface area contributed by atoms with Gasteiger partial charge in [-0.05, 0) is 67.5 Å². The Morgan fingerprint density at radius 3 is 2.56 bits per heavy atom. The number of nitrogens with zero attached hydrogens (tertiary/aromatic N) is 5. The van der Waals surface area contributed by atoms with Crippen molar-refractivity contribution in [2.45, 2.75) is 64.0 Å². The van der Waals surface area contributed by atoms with Gasteiger partial charge in [0.25, 0.3) is 5.91 Å². The second-order valence-corrected chi connectivity index (χ2v) is 10.0. The molecule has 1 atom stereocenters. The maximum absolute atomic E-state index is 13.4. The SMILES string of the molecule is O=C(c1ccc(N2CCc3ccccc3C2)cc1)N1CCCC(c2nnc3n2CCCCC3)C1. The van der Waals surface area contributed by atoms with Crippen LogP contribution in [0.2, 0.25) is 0 Å². The lowest BCUT2D eigenvalue weighted by atomic mass is 9.96. The molecule has 34 heavy (non-hydrogen) atoms. The highest BCUT2D eigenvalue weighted by atomic mass is 16.2. The molecule has 0 radical (unpaired) electrons. The van der Waals surface area contributed by atoms with E-state index in [2.05, 4.69) is 56.1 Å².